The van der Waals surface area contributed by atoms with Gasteiger partial charge in [0.2, 0.25) is 11.8 Å². The maximum Gasteiger partial charge on any atom is 0.248 e. The highest BCUT2D eigenvalue weighted by Crippen LogP contribution is 2.40. The molecule has 3 N–H and O–H groups in total. The van der Waals surface area contributed by atoms with Gasteiger partial charge in [-0.25, -0.2) is 23.0 Å². The van der Waals surface area contributed by atoms with E-state index in [4.69, 9.17) is 5.21 Å². The zero-order valence-corrected chi connectivity index (χ0v) is 14.2. The van der Waals surface area contributed by atoms with Crippen LogP contribution in [0.3, 0.4) is 0 Å². The Hall–Kier alpha value is -1.67. The molecule has 1 fully saturated rings. The van der Waals surface area contributed by atoms with E-state index >= 15 is 0 Å². The molecule has 8 heteroatoms. The number of rotatable bonds is 7. The van der Waals surface area contributed by atoms with E-state index in [9.17, 15) is 27.5 Å². The summed E-state index contributed by atoms with van der Waals surface area (Å²) < 4.78 is 53.0. The van der Waals surface area contributed by atoms with Gasteiger partial charge in [0, 0.05) is 24.8 Å². The summed E-state index contributed by atoms with van der Waals surface area (Å²) in [5.74, 6) is -6.03. The molecule has 0 aromatic heterocycles. The number of hydrogen-bond acceptors (Lipinski definition) is 3. The predicted molar refractivity (Wildman–Crippen MR) is 85.6 cm³/mol. The van der Waals surface area contributed by atoms with E-state index in [-0.39, 0.29) is 50.9 Å². The van der Waals surface area contributed by atoms with Crippen molar-refractivity contribution in [2.24, 2.45) is 11.8 Å². The van der Waals surface area contributed by atoms with Gasteiger partial charge in [0.15, 0.2) is 0 Å². The van der Waals surface area contributed by atoms with Crippen LogP contribution < -0.4 is 5.48 Å². The summed E-state index contributed by atoms with van der Waals surface area (Å²) in [7, 11) is 0. The van der Waals surface area contributed by atoms with Crippen LogP contribution in [0.2, 0.25) is 0 Å². The first-order valence-corrected chi connectivity index (χ1v) is 8.65. The Morgan fingerprint density at radius 3 is 2.31 bits per heavy atom. The highest BCUT2D eigenvalue weighted by atomic mass is 19.3. The Labute approximate surface area is 149 Å². The van der Waals surface area contributed by atoms with Crippen LogP contribution in [0.15, 0.2) is 18.2 Å². The number of aliphatic hydroxyl groups is 1. The third-order valence-corrected chi connectivity index (χ3v) is 4.99. The van der Waals surface area contributed by atoms with E-state index < -0.39 is 35.5 Å². The minimum absolute atomic E-state index is 0.0135. The number of alkyl halides is 2. The lowest BCUT2D eigenvalue weighted by atomic mass is 9.75. The molecular weight excluding hydrogens is 354 g/mol. The molecule has 0 radical (unpaired) electrons. The molecule has 0 saturated heterocycles. The van der Waals surface area contributed by atoms with E-state index in [1.165, 1.54) is 0 Å². The molecule has 1 aromatic rings. The van der Waals surface area contributed by atoms with Crippen molar-refractivity contribution in [1.82, 2.24) is 5.48 Å². The maximum absolute atomic E-state index is 13.3. The molecule has 0 spiro atoms. The molecule has 0 bridgehead atoms. The van der Waals surface area contributed by atoms with Gasteiger partial charge in [0.25, 0.3) is 0 Å². The number of hydrogen-bond donors (Lipinski definition) is 3. The van der Waals surface area contributed by atoms with Gasteiger partial charge in [0.1, 0.15) is 11.6 Å². The molecule has 26 heavy (non-hydrogen) atoms. The first-order chi connectivity index (χ1) is 12.2. The Morgan fingerprint density at radius 1 is 1.19 bits per heavy atom. The van der Waals surface area contributed by atoms with Crippen LogP contribution in [-0.2, 0) is 11.2 Å². The monoisotopic (exact) mass is 377 g/mol. The Bertz CT molecular complexity index is 596. The van der Waals surface area contributed by atoms with Crippen molar-refractivity contribution < 1.29 is 32.7 Å². The minimum atomic E-state index is -2.74. The van der Waals surface area contributed by atoms with Crippen molar-refractivity contribution in [3.63, 3.8) is 0 Å². The van der Waals surface area contributed by atoms with Crippen molar-refractivity contribution in [2.75, 3.05) is 0 Å². The number of halogens is 4. The fraction of sp³-hybridized carbons (Fsp3) is 0.611. The molecule has 2 atom stereocenters. The van der Waals surface area contributed by atoms with E-state index in [1.807, 2.05) is 0 Å². The van der Waals surface area contributed by atoms with Crippen molar-refractivity contribution in [2.45, 2.75) is 57.0 Å². The molecule has 2 unspecified atom stereocenters. The smallest absolute Gasteiger partial charge is 0.248 e. The molecule has 1 amide bonds. The second-order valence-corrected chi connectivity index (χ2v) is 6.98. The Balaban J connectivity index is 1.93. The average molecular weight is 377 g/mol. The lowest BCUT2D eigenvalue weighted by molar-refractivity contribution is -0.139. The SMILES string of the molecule is O=C(NO)C(CC(O)CCc1cc(F)cc(F)c1)C1CCC(F)(F)CC1. The summed E-state index contributed by atoms with van der Waals surface area (Å²) in [4.78, 5) is 11.9. The molecule has 2 rings (SSSR count). The molecule has 1 aliphatic carbocycles. The molecular formula is C18H23F4NO3. The van der Waals surface area contributed by atoms with Gasteiger partial charge < -0.3 is 5.11 Å². The fourth-order valence-corrected chi connectivity index (χ4v) is 3.56. The van der Waals surface area contributed by atoms with Crippen LogP contribution in [0.5, 0.6) is 0 Å². The van der Waals surface area contributed by atoms with E-state index in [0.29, 0.717) is 5.56 Å². The summed E-state index contributed by atoms with van der Waals surface area (Å²) in [6, 6.07) is 3.08. The summed E-state index contributed by atoms with van der Waals surface area (Å²) >= 11 is 0. The van der Waals surface area contributed by atoms with Crippen LogP contribution in [0.25, 0.3) is 0 Å². The van der Waals surface area contributed by atoms with Gasteiger partial charge in [-0.15, -0.1) is 0 Å². The normalized spacial score (nSPS) is 19.8. The standard InChI is InChI=1S/C18H23F4NO3/c19-13-7-11(8-14(20)9-13)1-2-15(24)10-16(17(25)23-26)12-3-5-18(21,22)6-4-12/h7-9,12,15-16,24,26H,1-6,10H2,(H,23,25). The first kappa shape index (κ1) is 20.6. The highest BCUT2D eigenvalue weighted by molar-refractivity contribution is 5.77. The van der Waals surface area contributed by atoms with Crippen LogP contribution in [-0.4, -0.2) is 28.2 Å². The van der Waals surface area contributed by atoms with Gasteiger partial charge in [-0.3, -0.25) is 10.0 Å². The number of hydroxylamine groups is 1. The third-order valence-electron chi connectivity index (χ3n) is 4.99. The van der Waals surface area contributed by atoms with Crippen molar-refractivity contribution in [3.8, 4) is 0 Å². The summed E-state index contributed by atoms with van der Waals surface area (Å²) in [6.45, 7) is 0. The lowest BCUT2D eigenvalue weighted by Gasteiger charge is -2.33. The molecule has 0 heterocycles. The Kier molecular flexibility index (Phi) is 7.00. The number of benzene rings is 1. The van der Waals surface area contributed by atoms with Crippen molar-refractivity contribution in [3.05, 3.63) is 35.4 Å². The topological polar surface area (TPSA) is 69.6 Å². The first-order valence-electron chi connectivity index (χ1n) is 8.65. The van der Waals surface area contributed by atoms with Crippen LogP contribution >= 0.6 is 0 Å². The highest BCUT2D eigenvalue weighted by Gasteiger charge is 2.40. The largest absolute Gasteiger partial charge is 0.393 e. The number of amides is 1. The quantitative estimate of drug-likeness (QED) is 0.386. The van der Waals surface area contributed by atoms with Crippen molar-refractivity contribution >= 4 is 5.91 Å². The number of aliphatic hydroxyl groups excluding tert-OH is 1. The second-order valence-electron chi connectivity index (χ2n) is 6.98. The van der Waals surface area contributed by atoms with E-state index in [1.54, 1.807) is 5.48 Å². The molecule has 1 aliphatic rings. The average Bonchev–Trinajstić information content (AvgIpc) is 2.57. The molecule has 1 aromatic carbocycles. The van der Waals surface area contributed by atoms with E-state index in [2.05, 4.69) is 0 Å². The van der Waals surface area contributed by atoms with Crippen LogP contribution in [0.1, 0.15) is 44.1 Å². The number of carbonyl (C=O) groups is 1. The molecule has 1 saturated carbocycles. The molecule has 146 valence electrons. The maximum atomic E-state index is 13.3. The van der Waals surface area contributed by atoms with Gasteiger partial charge >= 0.3 is 0 Å². The zero-order valence-electron chi connectivity index (χ0n) is 14.2. The van der Waals surface area contributed by atoms with Gasteiger partial charge in [0.05, 0.1) is 6.10 Å². The zero-order chi connectivity index (χ0) is 19.3. The van der Waals surface area contributed by atoms with E-state index in [0.717, 1.165) is 18.2 Å². The van der Waals surface area contributed by atoms with Gasteiger partial charge in [-0.1, -0.05) is 0 Å². The number of aryl methyl sites for hydroxylation is 1. The van der Waals surface area contributed by atoms with Crippen LogP contribution in [0, 0.1) is 23.5 Å². The Morgan fingerprint density at radius 2 is 1.77 bits per heavy atom. The predicted octanol–water partition coefficient (Wildman–Crippen LogP) is 3.60. The van der Waals surface area contributed by atoms with Crippen molar-refractivity contribution in [1.29, 1.82) is 0 Å². The second kappa shape index (κ2) is 8.81. The summed E-state index contributed by atoms with van der Waals surface area (Å²) in [5.41, 5.74) is 1.92. The minimum Gasteiger partial charge on any atom is -0.393 e. The molecule has 4 nitrogen and oxygen atoms in total. The summed E-state index contributed by atoms with van der Waals surface area (Å²) in [5, 5.41) is 19.1. The number of nitrogens with one attached hydrogen (secondary N) is 1. The lowest BCUT2D eigenvalue weighted by Crippen LogP contribution is -2.38. The van der Waals surface area contributed by atoms with Gasteiger partial charge in [-0.2, -0.15) is 0 Å². The van der Waals surface area contributed by atoms with Gasteiger partial charge in [-0.05, 0) is 55.7 Å². The third kappa shape index (κ3) is 5.95. The van der Waals surface area contributed by atoms with Crippen LogP contribution in [0.4, 0.5) is 17.6 Å². The molecule has 0 aliphatic heterocycles. The summed E-state index contributed by atoms with van der Waals surface area (Å²) in [6.07, 6.45) is -1.02. The fourth-order valence-electron chi connectivity index (χ4n) is 3.56. The number of carbonyl (C=O) groups excluding carboxylic acids is 1.